The highest BCUT2D eigenvalue weighted by Crippen LogP contribution is 2.15. The molecule has 0 aliphatic carbocycles. The summed E-state index contributed by atoms with van der Waals surface area (Å²) in [5.74, 6) is 0.503. The van der Waals surface area contributed by atoms with Crippen molar-refractivity contribution in [2.45, 2.75) is 11.4 Å². The largest absolute Gasteiger partial charge is 0.497 e. The molecule has 1 heterocycles. The number of ether oxygens (including phenoxy) is 1. The smallest absolute Gasteiger partial charge is 0.273 e. The Morgan fingerprint density at radius 2 is 1.88 bits per heavy atom. The van der Waals surface area contributed by atoms with Gasteiger partial charge in [0, 0.05) is 11.4 Å². The zero-order valence-electron chi connectivity index (χ0n) is 14.0. The predicted molar refractivity (Wildman–Crippen MR) is 97.3 cm³/mol. The Labute approximate surface area is 150 Å². The van der Waals surface area contributed by atoms with Gasteiger partial charge in [-0.3, -0.25) is 4.79 Å². The molecule has 1 amide bonds. The van der Waals surface area contributed by atoms with Gasteiger partial charge in [-0.25, -0.2) is 4.68 Å². The summed E-state index contributed by atoms with van der Waals surface area (Å²) in [5.41, 5.74) is 2.12. The fraction of sp³-hybridized carbons (Fsp3) is 0.167. The molecule has 3 aromatic rings. The molecule has 0 atom stereocenters. The maximum atomic E-state index is 12.2. The fourth-order valence-electron chi connectivity index (χ4n) is 2.25. The molecule has 0 spiro atoms. The van der Waals surface area contributed by atoms with Gasteiger partial charge in [0.2, 0.25) is 0 Å². The predicted octanol–water partition coefficient (Wildman–Crippen LogP) is 2.93. The van der Waals surface area contributed by atoms with Gasteiger partial charge in [0.05, 0.1) is 19.0 Å². The molecule has 1 N–H and O–H groups in total. The Hall–Kier alpha value is -2.80. The van der Waals surface area contributed by atoms with Crippen molar-refractivity contribution >= 4 is 17.7 Å². The standard InChI is InChI=1S/C18H18N4O2S/c1-24-15-7-5-14(6-8-15)22-12-17(20-21-22)18(23)19-11-13-3-9-16(25-2)10-4-13/h3-10,12H,11H2,1-2H3,(H,19,23). The molecule has 7 heteroatoms. The van der Waals surface area contributed by atoms with E-state index in [2.05, 4.69) is 15.6 Å². The molecule has 128 valence electrons. The van der Waals surface area contributed by atoms with E-state index in [0.717, 1.165) is 17.0 Å². The van der Waals surface area contributed by atoms with E-state index < -0.39 is 0 Å². The number of methoxy groups -OCH3 is 1. The first-order valence-electron chi connectivity index (χ1n) is 7.67. The highest BCUT2D eigenvalue weighted by atomic mass is 32.2. The second-order valence-corrected chi connectivity index (χ2v) is 6.16. The summed E-state index contributed by atoms with van der Waals surface area (Å²) in [6.07, 6.45) is 3.64. The van der Waals surface area contributed by atoms with Gasteiger partial charge in [-0.05, 0) is 48.2 Å². The molecule has 2 aromatic carbocycles. The van der Waals surface area contributed by atoms with E-state index in [4.69, 9.17) is 4.74 Å². The lowest BCUT2D eigenvalue weighted by molar-refractivity contribution is 0.0946. The summed E-state index contributed by atoms with van der Waals surface area (Å²) in [4.78, 5) is 13.4. The van der Waals surface area contributed by atoms with E-state index in [-0.39, 0.29) is 11.6 Å². The average molecular weight is 354 g/mol. The van der Waals surface area contributed by atoms with Crippen LogP contribution < -0.4 is 10.1 Å². The molecule has 0 fully saturated rings. The molecular formula is C18H18N4O2S. The van der Waals surface area contributed by atoms with Crippen LogP contribution in [0.5, 0.6) is 5.75 Å². The van der Waals surface area contributed by atoms with Crippen molar-refractivity contribution in [2.75, 3.05) is 13.4 Å². The van der Waals surface area contributed by atoms with E-state index in [9.17, 15) is 4.79 Å². The van der Waals surface area contributed by atoms with Crippen molar-refractivity contribution in [2.24, 2.45) is 0 Å². The second-order valence-electron chi connectivity index (χ2n) is 5.28. The minimum Gasteiger partial charge on any atom is -0.497 e. The molecule has 0 aliphatic rings. The van der Waals surface area contributed by atoms with Gasteiger partial charge in [0.25, 0.3) is 5.91 Å². The lowest BCUT2D eigenvalue weighted by Gasteiger charge is -2.04. The lowest BCUT2D eigenvalue weighted by Crippen LogP contribution is -2.23. The van der Waals surface area contributed by atoms with Crippen LogP contribution in [0.3, 0.4) is 0 Å². The average Bonchev–Trinajstić information content (AvgIpc) is 3.17. The first-order chi connectivity index (χ1) is 12.2. The van der Waals surface area contributed by atoms with Crippen LogP contribution >= 0.6 is 11.8 Å². The van der Waals surface area contributed by atoms with Gasteiger partial charge < -0.3 is 10.1 Å². The molecule has 0 radical (unpaired) electrons. The fourth-order valence-corrected chi connectivity index (χ4v) is 2.65. The van der Waals surface area contributed by atoms with Crippen LogP contribution in [0.4, 0.5) is 0 Å². The van der Waals surface area contributed by atoms with Gasteiger partial charge in [0.15, 0.2) is 5.69 Å². The van der Waals surface area contributed by atoms with Crippen LogP contribution in [0, 0.1) is 0 Å². The summed E-state index contributed by atoms with van der Waals surface area (Å²) in [6, 6.07) is 15.4. The highest BCUT2D eigenvalue weighted by Gasteiger charge is 2.11. The van der Waals surface area contributed by atoms with E-state index in [1.165, 1.54) is 4.90 Å². The second kappa shape index (κ2) is 7.85. The number of carbonyl (C=O) groups excluding carboxylic acids is 1. The molecule has 0 aliphatic heterocycles. The van der Waals surface area contributed by atoms with Crippen LogP contribution in [0.1, 0.15) is 16.1 Å². The number of carbonyl (C=O) groups is 1. The lowest BCUT2D eigenvalue weighted by atomic mass is 10.2. The monoisotopic (exact) mass is 354 g/mol. The van der Waals surface area contributed by atoms with E-state index >= 15 is 0 Å². The van der Waals surface area contributed by atoms with Gasteiger partial charge in [-0.1, -0.05) is 17.3 Å². The summed E-state index contributed by atoms with van der Waals surface area (Å²) in [5, 5.41) is 10.8. The Bertz CT molecular complexity index is 844. The quantitative estimate of drug-likeness (QED) is 0.689. The normalized spacial score (nSPS) is 10.5. The third-order valence-electron chi connectivity index (χ3n) is 3.68. The summed E-state index contributed by atoms with van der Waals surface area (Å²) < 4.78 is 6.68. The van der Waals surface area contributed by atoms with Crippen LogP contribution in [-0.4, -0.2) is 34.3 Å². The molecule has 0 bridgehead atoms. The number of amides is 1. The molecule has 6 nitrogen and oxygen atoms in total. The number of aromatic nitrogens is 3. The summed E-state index contributed by atoms with van der Waals surface area (Å²) >= 11 is 1.69. The van der Waals surface area contributed by atoms with Crippen molar-refractivity contribution in [3.63, 3.8) is 0 Å². The highest BCUT2D eigenvalue weighted by molar-refractivity contribution is 7.98. The molecule has 0 unspecified atom stereocenters. The third-order valence-corrected chi connectivity index (χ3v) is 4.42. The number of nitrogens with one attached hydrogen (secondary N) is 1. The zero-order valence-corrected chi connectivity index (χ0v) is 14.8. The minimum atomic E-state index is -0.256. The Balaban J connectivity index is 1.63. The minimum absolute atomic E-state index is 0.256. The van der Waals surface area contributed by atoms with Crippen LogP contribution in [-0.2, 0) is 6.54 Å². The van der Waals surface area contributed by atoms with Gasteiger partial charge in [0.1, 0.15) is 5.75 Å². The van der Waals surface area contributed by atoms with E-state index in [0.29, 0.717) is 6.54 Å². The number of benzene rings is 2. The molecule has 0 saturated carbocycles. The van der Waals surface area contributed by atoms with Crippen LogP contribution in [0.15, 0.2) is 59.6 Å². The van der Waals surface area contributed by atoms with Crippen LogP contribution in [0.2, 0.25) is 0 Å². The third kappa shape index (κ3) is 4.19. The number of nitrogens with zero attached hydrogens (tertiary/aromatic N) is 3. The topological polar surface area (TPSA) is 69.0 Å². The Kier molecular flexibility index (Phi) is 5.35. The number of rotatable bonds is 6. The molecule has 25 heavy (non-hydrogen) atoms. The van der Waals surface area contributed by atoms with Crippen molar-refractivity contribution in [1.29, 1.82) is 0 Å². The first-order valence-corrected chi connectivity index (χ1v) is 8.90. The molecule has 0 saturated heterocycles. The number of thioether (sulfide) groups is 1. The molecule has 3 rings (SSSR count). The van der Waals surface area contributed by atoms with E-state index in [1.54, 1.807) is 29.8 Å². The van der Waals surface area contributed by atoms with Gasteiger partial charge in [-0.15, -0.1) is 16.9 Å². The van der Waals surface area contributed by atoms with Crippen molar-refractivity contribution in [3.05, 3.63) is 66.0 Å². The SMILES string of the molecule is COc1ccc(-n2cc(C(=O)NCc3ccc(SC)cc3)nn2)cc1. The number of hydrogen-bond acceptors (Lipinski definition) is 5. The number of hydrogen-bond donors (Lipinski definition) is 1. The summed E-state index contributed by atoms with van der Waals surface area (Å²) in [7, 11) is 1.61. The van der Waals surface area contributed by atoms with Crippen molar-refractivity contribution < 1.29 is 9.53 Å². The maximum Gasteiger partial charge on any atom is 0.273 e. The van der Waals surface area contributed by atoms with Crippen molar-refractivity contribution in [3.8, 4) is 11.4 Å². The van der Waals surface area contributed by atoms with Crippen molar-refractivity contribution in [1.82, 2.24) is 20.3 Å². The van der Waals surface area contributed by atoms with Crippen LogP contribution in [0.25, 0.3) is 5.69 Å². The molecule has 1 aromatic heterocycles. The zero-order chi connectivity index (χ0) is 17.6. The molecular weight excluding hydrogens is 336 g/mol. The Morgan fingerprint density at radius 1 is 1.16 bits per heavy atom. The maximum absolute atomic E-state index is 12.2. The Morgan fingerprint density at radius 3 is 2.52 bits per heavy atom. The van der Waals surface area contributed by atoms with E-state index in [1.807, 2.05) is 54.8 Å². The first kappa shape index (κ1) is 17.0. The van der Waals surface area contributed by atoms with Gasteiger partial charge >= 0.3 is 0 Å². The van der Waals surface area contributed by atoms with Gasteiger partial charge in [-0.2, -0.15) is 0 Å². The summed E-state index contributed by atoms with van der Waals surface area (Å²) in [6.45, 7) is 0.447.